The normalized spacial score (nSPS) is 14.6. The van der Waals surface area contributed by atoms with Crippen LogP contribution in [0.15, 0.2) is 53.4 Å². The summed E-state index contributed by atoms with van der Waals surface area (Å²) in [4.78, 5) is 25.5. The number of nitrogens with one attached hydrogen (secondary N) is 2. The van der Waals surface area contributed by atoms with Crippen LogP contribution in [0.2, 0.25) is 0 Å². The fraction of sp³-hybridized carbons (Fsp3) is 0.300. The van der Waals surface area contributed by atoms with Gasteiger partial charge in [0, 0.05) is 23.3 Å². The number of hydrogen-bond donors (Lipinski definition) is 3. The Morgan fingerprint density at radius 1 is 1.15 bits per heavy atom. The third-order valence-corrected chi connectivity index (χ3v) is 5.54. The van der Waals surface area contributed by atoms with Gasteiger partial charge in [-0.3, -0.25) is 9.59 Å². The number of carbonyl (C=O) groups is 2. The summed E-state index contributed by atoms with van der Waals surface area (Å²) in [5.74, 6) is -0.612. The molecule has 0 bridgehead atoms. The van der Waals surface area contributed by atoms with Gasteiger partial charge in [0.25, 0.3) is 5.91 Å². The van der Waals surface area contributed by atoms with Crippen molar-refractivity contribution >= 4 is 29.3 Å². The smallest absolute Gasteiger partial charge is 0.279 e. The second-order valence-corrected chi connectivity index (χ2v) is 7.69. The molecule has 0 radical (unpaired) electrons. The summed E-state index contributed by atoms with van der Waals surface area (Å²) in [5.41, 5.74) is 6.49. The first kappa shape index (κ1) is 19.4. The van der Waals surface area contributed by atoms with Gasteiger partial charge in [-0.25, -0.2) is 4.39 Å². The van der Waals surface area contributed by atoms with Gasteiger partial charge in [-0.1, -0.05) is 30.3 Å². The van der Waals surface area contributed by atoms with Crippen molar-refractivity contribution in [3.8, 4) is 0 Å². The lowest BCUT2D eigenvalue weighted by Gasteiger charge is -2.19. The zero-order valence-electron chi connectivity index (χ0n) is 14.9. The molecule has 1 saturated carbocycles. The lowest BCUT2D eigenvalue weighted by Crippen LogP contribution is -3.13. The minimum Gasteiger partial charge on any atom is -0.369 e. The largest absolute Gasteiger partial charge is 0.369 e. The van der Waals surface area contributed by atoms with Crippen LogP contribution in [0.5, 0.6) is 0 Å². The van der Waals surface area contributed by atoms with Gasteiger partial charge in [0.05, 0.1) is 17.5 Å². The highest BCUT2D eigenvalue weighted by atomic mass is 32.2. The molecule has 2 aromatic rings. The Balaban J connectivity index is 1.64. The van der Waals surface area contributed by atoms with Crippen molar-refractivity contribution in [1.82, 2.24) is 0 Å². The number of rotatable bonds is 9. The number of quaternary nitrogens is 1. The van der Waals surface area contributed by atoms with E-state index >= 15 is 0 Å². The summed E-state index contributed by atoms with van der Waals surface area (Å²) in [6.07, 6.45) is 2.12. The summed E-state index contributed by atoms with van der Waals surface area (Å²) in [5, 5.41) is 2.92. The van der Waals surface area contributed by atoms with Crippen LogP contribution in [0, 0.1) is 5.82 Å². The number of thioether (sulfide) groups is 1. The summed E-state index contributed by atoms with van der Waals surface area (Å²) < 4.78 is 14.0. The van der Waals surface area contributed by atoms with E-state index < -0.39 is 5.91 Å². The number of hydrogen-bond acceptors (Lipinski definition) is 3. The fourth-order valence-electron chi connectivity index (χ4n) is 2.97. The van der Waals surface area contributed by atoms with Crippen molar-refractivity contribution in [3.05, 3.63) is 59.9 Å². The van der Waals surface area contributed by atoms with E-state index in [2.05, 4.69) is 5.32 Å². The van der Waals surface area contributed by atoms with Crippen molar-refractivity contribution < 1.29 is 18.9 Å². The summed E-state index contributed by atoms with van der Waals surface area (Å²) in [6.45, 7) is 0.761. The zero-order valence-corrected chi connectivity index (χ0v) is 15.7. The van der Waals surface area contributed by atoms with Crippen molar-refractivity contribution in [2.45, 2.75) is 30.3 Å². The van der Waals surface area contributed by atoms with Crippen molar-refractivity contribution in [1.29, 1.82) is 0 Å². The van der Waals surface area contributed by atoms with Crippen LogP contribution in [-0.2, 0) is 16.1 Å². The Morgan fingerprint density at radius 3 is 2.56 bits per heavy atom. The molecule has 0 heterocycles. The maximum Gasteiger partial charge on any atom is 0.279 e. The molecular weight excluding hydrogens is 365 g/mol. The number of benzene rings is 2. The minimum atomic E-state index is -0.407. The predicted molar refractivity (Wildman–Crippen MR) is 104 cm³/mol. The summed E-state index contributed by atoms with van der Waals surface area (Å²) in [7, 11) is 0. The van der Waals surface area contributed by atoms with Crippen LogP contribution in [0.1, 0.15) is 18.4 Å². The molecule has 5 nitrogen and oxygen atoms in total. The number of nitrogens with two attached hydrogens (primary N) is 1. The standard InChI is InChI=1S/C20H22FN3O2S/c21-16-6-2-1-5-14(16)11-24(15-9-10-15)12-20(26)23-17-7-3-4-8-18(17)27-13-19(22)25/h1-8,15H,9-13H2,(H2,22,25)(H,23,26)/p+1. The predicted octanol–water partition coefficient (Wildman–Crippen LogP) is 1.59. The van der Waals surface area contributed by atoms with Crippen molar-refractivity contribution in [3.63, 3.8) is 0 Å². The zero-order chi connectivity index (χ0) is 19.2. The first-order valence-electron chi connectivity index (χ1n) is 8.91. The van der Waals surface area contributed by atoms with E-state index in [9.17, 15) is 14.0 Å². The average molecular weight is 388 g/mol. The summed E-state index contributed by atoms with van der Waals surface area (Å²) >= 11 is 1.29. The third kappa shape index (κ3) is 5.80. The molecule has 0 spiro atoms. The molecule has 0 saturated heterocycles. The van der Waals surface area contributed by atoms with E-state index in [4.69, 9.17) is 5.73 Å². The van der Waals surface area contributed by atoms with Gasteiger partial charge in [0.1, 0.15) is 12.4 Å². The number of carbonyl (C=O) groups excluding carboxylic acids is 2. The van der Waals surface area contributed by atoms with Crippen molar-refractivity contribution in [2.75, 3.05) is 17.6 Å². The third-order valence-electron chi connectivity index (χ3n) is 4.45. The van der Waals surface area contributed by atoms with E-state index in [1.54, 1.807) is 18.2 Å². The van der Waals surface area contributed by atoms with Gasteiger partial charge >= 0.3 is 0 Å². The van der Waals surface area contributed by atoms with Crippen LogP contribution in [0.4, 0.5) is 10.1 Å². The first-order valence-corrected chi connectivity index (χ1v) is 9.89. The molecule has 4 N–H and O–H groups in total. The molecule has 7 heteroatoms. The van der Waals surface area contributed by atoms with Gasteiger partial charge in [0.2, 0.25) is 5.91 Å². The van der Waals surface area contributed by atoms with Crippen LogP contribution >= 0.6 is 11.8 Å². The molecule has 2 amide bonds. The lowest BCUT2D eigenvalue weighted by molar-refractivity contribution is -0.917. The molecule has 27 heavy (non-hydrogen) atoms. The second-order valence-electron chi connectivity index (χ2n) is 6.68. The minimum absolute atomic E-state index is 0.125. The highest BCUT2D eigenvalue weighted by Crippen LogP contribution is 2.26. The van der Waals surface area contributed by atoms with Crippen LogP contribution in [0.3, 0.4) is 0 Å². The Hall–Kier alpha value is -2.38. The monoisotopic (exact) mass is 388 g/mol. The molecule has 1 unspecified atom stereocenters. The topological polar surface area (TPSA) is 76.6 Å². The fourth-order valence-corrected chi connectivity index (χ4v) is 3.72. The van der Waals surface area contributed by atoms with E-state index in [0.29, 0.717) is 23.8 Å². The highest BCUT2D eigenvalue weighted by Gasteiger charge is 2.35. The number of para-hydroxylation sites is 1. The molecule has 1 aliphatic carbocycles. The van der Waals surface area contributed by atoms with Gasteiger partial charge < -0.3 is 16.0 Å². The van der Waals surface area contributed by atoms with Gasteiger partial charge in [-0.05, 0) is 18.2 Å². The molecule has 3 rings (SSSR count). The number of amides is 2. The lowest BCUT2D eigenvalue weighted by atomic mass is 10.2. The molecule has 1 aliphatic rings. The van der Waals surface area contributed by atoms with E-state index in [0.717, 1.165) is 22.6 Å². The molecule has 0 aliphatic heterocycles. The first-order chi connectivity index (χ1) is 13.0. The van der Waals surface area contributed by atoms with E-state index in [1.807, 2.05) is 24.3 Å². The number of halogens is 1. The average Bonchev–Trinajstić information content (AvgIpc) is 3.47. The molecule has 1 atom stereocenters. The Bertz CT molecular complexity index is 826. The molecule has 1 fully saturated rings. The highest BCUT2D eigenvalue weighted by molar-refractivity contribution is 8.00. The maximum absolute atomic E-state index is 14.0. The van der Waals surface area contributed by atoms with E-state index in [1.165, 1.54) is 17.8 Å². The number of anilines is 1. The SMILES string of the molecule is NC(=O)CSc1ccccc1NC(=O)C[NH+](Cc1ccccc1F)C1CC1. The van der Waals surface area contributed by atoms with Gasteiger partial charge in [-0.15, -0.1) is 11.8 Å². The summed E-state index contributed by atoms with van der Waals surface area (Å²) in [6, 6.07) is 14.4. The molecular formula is C20H23FN3O2S+. The Labute approximate surface area is 162 Å². The molecule has 142 valence electrons. The van der Waals surface area contributed by atoms with Crippen LogP contribution in [-0.4, -0.2) is 30.2 Å². The number of primary amides is 1. The maximum atomic E-state index is 14.0. The van der Waals surface area contributed by atoms with Crippen molar-refractivity contribution in [2.24, 2.45) is 5.73 Å². The van der Waals surface area contributed by atoms with Gasteiger partial charge in [-0.2, -0.15) is 0 Å². The van der Waals surface area contributed by atoms with Crippen LogP contribution in [0.25, 0.3) is 0 Å². The van der Waals surface area contributed by atoms with E-state index in [-0.39, 0.29) is 24.0 Å². The quantitative estimate of drug-likeness (QED) is 0.571. The Kier molecular flexibility index (Phi) is 6.47. The van der Waals surface area contributed by atoms with Gasteiger partial charge in [0.15, 0.2) is 6.54 Å². The Morgan fingerprint density at radius 2 is 1.85 bits per heavy atom. The van der Waals surface area contributed by atoms with Crippen LogP contribution < -0.4 is 16.0 Å². The molecule has 0 aromatic heterocycles. The molecule has 2 aromatic carbocycles. The second kappa shape index (κ2) is 9.01.